The van der Waals surface area contributed by atoms with E-state index < -0.39 is 0 Å². The average molecular weight is 288 g/mol. The van der Waals surface area contributed by atoms with Crippen molar-refractivity contribution in [3.63, 3.8) is 0 Å². The highest BCUT2D eigenvalue weighted by Gasteiger charge is 2.01. The number of para-hydroxylation sites is 1. The number of nitrogens with zero attached hydrogens (tertiary/aromatic N) is 3. The predicted octanol–water partition coefficient (Wildman–Crippen LogP) is 3.90. The molecular formula is C18H16N4. The van der Waals surface area contributed by atoms with Crippen molar-refractivity contribution < 1.29 is 0 Å². The van der Waals surface area contributed by atoms with Gasteiger partial charge in [0.15, 0.2) is 0 Å². The summed E-state index contributed by atoms with van der Waals surface area (Å²) in [5.41, 5.74) is 7.79. The number of rotatable bonds is 4. The summed E-state index contributed by atoms with van der Waals surface area (Å²) < 4.78 is 0. The molecule has 0 aliphatic heterocycles. The van der Waals surface area contributed by atoms with Gasteiger partial charge in [-0.05, 0) is 54.4 Å². The number of benzene rings is 1. The number of aryl methyl sites for hydroxylation is 1. The third-order valence-corrected chi connectivity index (χ3v) is 3.14. The Morgan fingerprint density at radius 2 is 1.64 bits per heavy atom. The highest BCUT2D eigenvalue weighted by molar-refractivity contribution is 5.81. The van der Waals surface area contributed by atoms with Crippen LogP contribution in [0.15, 0.2) is 72.1 Å². The molecule has 1 aromatic carbocycles. The van der Waals surface area contributed by atoms with Crippen molar-refractivity contribution in [1.29, 1.82) is 0 Å². The van der Waals surface area contributed by atoms with E-state index in [0.717, 1.165) is 28.2 Å². The molecule has 0 aliphatic rings. The maximum atomic E-state index is 4.37. The van der Waals surface area contributed by atoms with E-state index in [9.17, 15) is 0 Å². The largest absolute Gasteiger partial charge is 0.279 e. The Hall–Kier alpha value is -3.01. The van der Waals surface area contributed by atoms with Gasteiger partial charge in [-0.3, -0.25) is 15.4 Å². The third-order valence-electron chi connectivity index (χ3n) is 3.14. The second kappa shape index (κ2) is 6.63. The number of hydrazone groups is 1. The van der Waals surface area contributed by atoms with Gasteiger partial charge < -0.3 is 0 Å². The van der Waals surface area contributed by atoms with Gasteiger partial charge in [-0.15, -0.1) is 0 Å². The van der Waals surface area contributed by atoms with Gasteiger partial charge in [0.05, 0.1) is 23.3 Å². The first kappa shape index (κ1) is 13.9. The van der Waals surface area contributed by atoms with E-state index in [1.807, 2.05) is 61.5 Å². The van der Waals surface area contributed by atoms with Crippen LogP contribution in [-0.4, -0.2) is 16.2 Å². The van der Waals surface area contributed by atoms with Crippen LogP contribution in [0, 0.1) is 6.92 Å². The molecule has 0 saturated carbocycles. The standard InChI is InChI=1S/C18H16N4/c1-14-7-9-19-17(11-14)18-12-15(8-10-20-18)13-21-22-16-5-3-2-4-6-16/h2-13,22H,1H3/b21-13+. The summed E-state index contributed by atoms with van der Waals surface area (Å²) in [6.45, 7) is 2.04. The first-order chi connectivity index (χ1) is 10.8. The topological polar surface area (TPSA) is 50.2 Å². The molecule has 0 aliphatic carbocycles. The minimum atomic E-state index is 0.840. The summed E-state index contributed by atoms with van der Waals surface area (Å²) in [6.07, 6.45) is 5.33. The second-order valence-electron chi connectivity index (χ2n) is 4.93. The minimum absolute atomic E-state index is 0.840. The summed E-state index contributed by atoms with van der Waals surface area (Å²) in [7, 11) is 0. The van der Waals surface area contributed by atoms with Gasteiger partial charge in [0.25, 0.3) is 0 Å². The number of hydrogen-bond donors (Lipinski definition) is 1. The van der Waals surface area contributed by atoms with Gasteiger partial charge in [-0.25, -0.2) is 0 Å². The Morgan fingerprint density at radius 3 is 2.41 bits per heavy atom. The zero-order valence-electron chi connectivity index (χ0n) is 12.3. The van der Waals surface area contributed by atoms with Crippen molar-refractivity contribution in [2.24, 2.45) is 5.10 Å². The normalized spacial score (nSPS) is 10.8. The maximum absolute atomic E-state index is 4.37. The summed E-state index contributed by atoms with van der Waals surface area (Å²) in [5.74, 6) is 0. The van der Waals surface area contributed by atoms with Crippen LogP contribution in [0.5, 0.6) is 0 Å². The van der Waals surface area contributed by atoms with Gasteiger partial charge in [0.1, 0.15) is 0 Å². The van der Waals surface area contributed by atoms with Crippen LogP contribution in [0.3, 0.4) is 0 Å². The van der Waals surface area contributed by atoms with Gasteiger partial charge in [-0.2, -0.15) is 5.10 Å². The molecule has 0 fully saturated rings. The number of aromatic nitrogens is 2. The Balaban J connectivity index is 1.77. The molecule has 0 bridgehead atoms. The Bertz CT molecular complexity index is 782. The van der Waals surface area contributed by atoms with Crippen molar-refractivity contribution in [3.8, 4) is 11.4 Å². The quantitative estimate of drug-likeness (QED) is 0.585. The van der Waals surface area contributed by atoms with Gasteiger partial charge >= 0.3 is 0 Å². The smallest absolute Gasteiger partial charge is 0.0892 e. The molecule has 108 valence electrons. The molecular weight excluding hydrogens is 272 g/mol. The van der Waals surface area contributed by atoms with Gasteiger partial charge in [0, 0.05) is 12.4 Å². The lowest BCUT2D eigenvalue weighted by molar-refractivity contribution is 1.23. The zero-order valence-corrected chi connectivity index (χ0v) is 12.3. The van der Waals surface area contributed by atoms with Gasteiger partial charge in [0.2, 0.25) is 0 Å². The number of anilines is 1. The van der Waals surface area contributed by atoms with E-state index in [0.29, 0.717) is 0 Å². The Morgan fingerprint density at radius 1 is 0.909 bits per heavy atom. The fraction of sp³-hybridized carbons (Fsp3) is 0.0556. The molecule has 0 saturated heterocycles. The van der Waals surface area contributed by atoms with Crippen LogP contribution >= 0.6 is 0 Å². The third kappa shape index (κ3) is 3.55. The molecule has 4 heteroatoms. The van der Waals surface area contributed by atoms with Crippen LogP contribution in [-0.2, 0) is 0 Å². The summed E-state index contributed by atoms with van der Waals surface area (Å²) in [6, 6.07) is 17.7. The molecule has 0 amide bonds. The van der Waals surface area contributed by atoms with Crippen LogP contribution < -0.4 is 5.43 Å². The van der Waals surface area contributed by atoms with E-state index in [1.54, 1.807) is 18.6 Å². The maximum Gasteiger partial charge on any atom is 0.0892 e. The van der Waals surface area contributed by atoms with E-state index in [-0.39, 0.29) is 0 Å². The SMILES string of the molecule is Cc1ccnc(-c2cc(/C=N/Nc3ccccc3)ccn2)c1. The number of pyridine rings is 2. The lowest BCUT2D eigenvalue weighted by Gasteiger charge is -2.02. The first-order valence-corrected chi connectivity index (χ1v) is 7.04. The van der Waals surface area contributed by atoms with Gasteiger partial charge in [-0.1, -0.05) is 18.2 Å². The lowest BCUT2D eigenvalue weighted by Crippen LogP contribution is -1.93. The van der Waals surface area contributed by atoms with E-state index >= 15 is 0 Å². The molecule has 2 aromatic heterocycles. The number of nitrogens with one attached hydrogen (secondary N) is 1. The minimum Gasteiger partial charge on any atom is -0.279 e. The lowest BCUT2D eigenvalue weighted by atomic mass is 10.1. The molecule has 4 nitrogen and oxygen atoms in total. The van der Waals surface area contributed by atoms with Crippen LogP contribution in [0.4, 0.5) is 5.69 Å². The predicted molar refractivity (Wildman–Crippen MR) is 89.9 cm³/mol. The molecule has 0 spiro atoms. The van der Waals surface area contributed by atoms with Crippen LogP contribution in [0.1, 0.15) is 11.1 Å². The molecule has 0 atom stereocenters. The molecule has 0 unspecified atom stereocenters. The number of hydrogen-bond acceptors (Lipinski definition) is 4. The summed E-state index contributed by atoms with van der Waals surface area (Å²) >= 11 is 0. The highest BCUT2D eigenvalue weighted by atomic mass is 15.3. The Labute approximate surface area is 129 Å². The molecule has 1 N–H and O–H groups in total. The molecule has 2 heterocycles. The van der Waals surface area contributed by atoms with E-state index in [2.05, 4.69) is 20.5 Å². The summed E-state index contributed by atoms with van der Waals surface area (Å²) in [4.78, 5) is 8.73. The molecule has 0 radical (unpaired) electrons. The van der Waals surface area contributed by atoms with E-state index in [4.69, 9.17) is 0 Å². The van der Waals surface area contributed by atoms with E-state index in [1.165, 1.54) is 0 Å². The highest BCUT2D eigenvalue weighted by Crippen LogP contribution is 2.15. The average Bonchev–Trinajstić information content (AvgIpc) is 2.56. The molecule has 3 rings (SSSR count). The first-order valence-electron chi connectivity index (χ1n) is 7.04. The van der Waals surface area contributed by atoms with Crippen molar-refractivity contribution in [1.82, 2.24) is 9.97 Å². The fourth-order valence-corrected chi connectivity index (χ4v) is 2.04. The molecule has 3 aromatic rings. The molecule has 22 heavy (non-hydrogen) atoms. The van der Waals surface area contributed by atoms with Crippen molar-refractivity contribution in [2.45, 2.75) is 6.92 Å². The fourth-order valence-electron chi connectivity index (χ4n) is 2.04. The zero-order chi connectivity index (χ0) is 15.2. The van der Waals surface area contributed by atoms with Crippen LogP contribution in [0.2, 0.25) is 0 Å². The Kier molecular flexibility index (Phi) is 4.20. The van der Waals surface area contributed by atoms with Crippen molar-refractivity contribution in [2.75, 3.05) is 5.43 Å². The van der Waals surface area contributed by atoms with Crippen molar-refractivity contribution in [3.05, 3.63) is 78.1 Å². The second-order valence-corrected chi connectivity index (χ2v) is 4.93. The van der Waals surface area contributed by atoms with Crippen LogP contribution in [0.25, 0.3) is 11.4 Å². The van der Waals surface area contributed by atoms with Crippen molar-refractivity contribution >= 4 is 11.9 Å². The monoisotopic (exact) mass is 288 g/mol. The summed E-state index contributed by atoms with van der Waals surface area (Å²) in [5, 5.41) is 4.24.